The molecule has 0 spiro atoms. The Morgan fingerprint density at radius 2 is 1.95 bits per heavy atom. The van der Waals surface area contributed by atoms with Gasteiger partial charge in [0.05, 0.1) is 11.0 Å². The molecule has 0 aromatic carbocycles. The van der Waals surface area contributed by atoms with E-state index in [0.29, 0.717) is 24.6 Å². The molecule has 1 aromatic heterocycles. The van der Waals surface area contributed by atoms with E-state index < -0.39 is 11.4 Å². The minimum absolute atomic E-state index is 0.0556. The number of hydrogen-bond donors (Lipinski definition) is 1. The number of hydrogen-bond acceptors (Lipinski definition) is 2. The van der Waals surface area contributed by atoms with Crippen molar-refractivity contribution < 1.29 is 14.7 Å². The van der Waals surface area contributed by atoms with E-state index in [1.165, 1.54) is 0 Å². The minimum atomic E-state index is -0.828. The van der Waals surface area contributed by atoms with Crippen molar-refractivity contribution in [2.45, 2.75) is 47.1 Å². The zero-order valence-corrected chi connectivity index (χ0v) is 13.4. The molecule has 1 aromatic rings. The van der Waals surface area contributed by atoms with Crippen molar-refractivity contribution in [1.29, 1.82) is 0 Å². The topological polar surface area (TPSA) is 62.5 Å². The Hall–Kier alpha value is -1.78. The second-order valence-corrected chi connectivity index (χ2v) is 6.59. The molecule has 0 unspecified atom stereocenters. The zero-order valence-electron chi connectivity index (χ0n) is 13.4. The lowest BCUT2D eigenvalue weighted by molar-refractivity contribution is -0.147. The van der Waals surface area contributed by atoms with E-state index in [9.17, 15) is 14.7 Å². The molecule has 0 aliphatic carbocycles. The summed E-state index contributed by atoms with van der Waals surface area (Å²) in [5, 5.41) is 9.28. The van der Waals surface area contributed by atoms with Gasteiger partial charge in [-0.3, -0.25) is 9.59 Å². The minimum Gasteiger partial charge on any atom is -0.481 e. The molecule has 0 bridgehead atoms. The van der Waals surface area contributed by atoms with Crippen LogP contribution in [0.2, 0.25) is 0 Å². The fourth-order valence-corrected chi connectivity index (χ4v) is 3.27. The zero-order chi connectivity index (χ0) is 15.9. The third kappa shape index (κ3) is 2.57. The predicted molar refractivity (Wildman–Crippen MR) is 80.6 cm³/mol. The molecule has 1 aliphatic rings. The first kappa shape index (κ1) is 15.6. The summed E-state index contributed by atoms with van der Waals surface area (Å²) >= 11 is 0. The van der Waals surface area contributed by atoms with E-state index >= 15 is 0 Å². The molecular formula is C16H24N2O3. The van der Waals surface area contributed by atoms with Crippen molar-refractivity contribution in [2.75, 3.05) is 13.1 Å². The Labute approximate surface area is 125 Å². The molecule has 1 atom stereocenters. The second kappa shape index (κ2) is 5.20. The maximum atomic E-state index is 12.7. The summed E-state index contributed by atoms with van der Waals surface area (Å²) in [7, 11) is 0. The molecule has 116 valence electrons. The maximum absolute atomic E-state index is 12.7. The quantitative estimate of drug-likeness (QED) is 0.931. The number of carboxylic acid groups (broad SMARTS) is 1. The maximum Gasteiger partial charge on any atom is 0.311 e. The number of likely N-dealkylation sites (tertiary alicyclic amines) is 1. The Balaban J connectivity index is 2.27. The largest absolute Gasteiger partial charge is 0.481 e. The number of carboxylic acids is 1. The fourth-order valence-electron chi connectivity index (χ4n) is 3.27. The summed E-state index contributed by atoms with van der Waals surface area (Å²) in [6.07, 6.45) is 0.511. The van der Waals surface area contributed by atoms with Crippen LogP contribution in [0.25, 0.3) is 0 Å². The number of amides is 1. The molecule has 5 heteroatoms. The van der Waals surface area contributed by atoms with Crippen LogP contribution in [0.4, 0.5) is 0 Å². The first-order chi connectivity index (χ1) is 9.67. The SMILES string of the molecule is Cc1cc(C(=O)N2CC[C@@](C)(C(=O)O)C2)c(C)n1C(C)C. The number of nitrogens with zero attached hydrogens (tertiary/aromatic N) is 2. The van der Waals surface area contributed by atoms with Gasteiger partial charge in [-0.05, 0) is 47.1 Å². The smallest absolute Gasteiger partial charge is 0.311 e. The molecule has 0 saturated carbocycles. The Morgan fingerprint density at radius 3 is 2.38 bits per heavy atom. The van der Waals surface area contributed by atoms with Gasteiger partial charge in [0.2, 0.25) is 0 Å². The molecule has 1 aliphatic heterocycles. The summed E-state index contributed by atoms with van der Waals surface area (Å²) in [5.74, 6) is -0.884. The molecule has 2 rings (SSSR count). The number of aromatic nitrogens is 1. The van der Waals surface area contributed by atoms with Crippen LogP contribution in [0.5, 0.6) is 0 Å². The average Bonchev–Trinajstić information content (AvgIpc) is 2.91. The number of rotatable bonds is 3. The summed E-state index contributed by atoms with van der Waals surface area (Å²) in [6.45, 7) is 10.6. The van der Waals surface area contributed by atoms with Gasteiger partial charge in [-0.15, -0.1) is 0 Å². The molecular weight excluding hydrogens is 268 g/mol. The molecule has 21 heavy (non-hydrogen) atoms. The highest BCUT2D eigenvalue weighted by Crippen LogP contribution is 2.32. The van der Waals surface area contributed by atoms with E-state index in [4.69, 9.17) is 0 Å². The van der Waals surface area contributed by atoms with Crippen LogP contribution in [0.3, 0.4) is 0 Å². The third-order valence-electron chi connectivity index (χ3n) is 4.51. The first-order valence-corrected chi connectivity index (χ1v) is 7.38. The van der Waals surface area contributed by atoms with Gasteiger partial charge in [-0.2, -0.15) is 0 Å². The van der Waals surface area contributed by atoms with Crippen molar-refractivity contribution in [2.24, 2.45) is 5.41 Å². The van der Waals surface area contributed by atoms with Crippen LogP contribution in [-0.4, -0.2) is 39.5 Å². The van der Waals surface area contributed by atoms with Gasteiger partial charge >= 0.3 is 5.97 Å². The first-order valence-electron chi connectivity index (χ1n) is 7.38. The van der Waals surface area contributed by atoms with Gasteiger partial charge in [0.15, 0.2) is 0 Å². The molecule has 0 radical (unpaired) electrons. The standard InChI is InChI=1S/C16H24N2O3/c1-10(2)18-11(3)8-13(12(18)4)14(19)17-7-6-16(5,9-17)15(20)21/h8,10H,6-7,9H2,1-5H3,(H,20,21)/t16-/m1/s1. The summed E-state index contributed by atoms with van der Waals surface area (Å²) in [4.78, 5) is 25.7. The van der Waals surface area contributed by atoms with E-state index in [2.05, 4.69) is 18.4 Å². The van der Waals surface area contributed by atoms with Gasteiger partial charge in [0, 0.05) is 30.5 Å². The molecule has 1 N–H and O–H groups in total. The second-order valence-electron chi connectivity index (χ2n) is 6.59. The lowest BCUT2D eigenvalue weighted by Crippen LogP contribution is -2.35. The van der Waals surface area contributed by atoms with Gasteiger partial charge in [0.1, 0.15) is 0 Å². The van der Waals surface area contributed by atoms with Crippen LogP contribution in [0.15, 0.2) is 6.07 Å². The predicted octanol–water partition coefficient (Wildman–Crippen LogP) is 2.62. The van der Waals surface area contributed by atoms with Crippen molar-refractivity contribution >= 4 is 11.9 Å². The third-order valence-corrected chi connectivity index (χ3v) is 4.51. The Kier molecular flexibility index (Phi) is 3.87. The van der Waals surface area contributed by atoms with Gasteiger partial charge in [0.25, 0.3) is 5.91 Å². The van der Waals surface area contributed by atoms with Gasteiger partial charge in [-0.1, -0.05) is 0 Å². The number of carbonyl (C=O) groups excluding carboxylic acids is 1. The lowest BCUT2D eigenvalue weighted by Gasteiger charge is -2.20. The number of aryl methyl sites for hydroxylation is 1. The summed E-state index contributed by atoms with van der Waals surface area (Å²) in [5.41, 5.74) is 1.89. The van der Waals surface area contributed by atoms with Gasteiger partial charge in [-0.25, -0.2) is 0 Å². The van der Waals surface area contributed by atoms with Crippen molar-refractivity contribution in [3.8, 4) is 0 Å². The van der Waals surface area contributed by atoms with Crippen molar-refractivity contribution in [3.63, 3.8) is 0 Å². The highest BCUT2D eigenvalue weighted by Gasteiger charge is 2.42. The van der Waals surface area contributed by atoms with E-state index in [-0.39, 0.29) is 12.5 Å². The Bertz CT molecular complexity index is 589. The van der Waals surface area contributed by atoms with E-state index in [1.807, 2.05) is 19.9 Å². The van der Waals surface area contributed by atoms with Gasteiger partial charge < -0.3 is 14.6 Å². The molecule has 5 nitrogen and oxygen atoms in total. The molecule has 2 heterocycles. The van der Waals surface area contributed by atoms with E-state index in [1.54, 1.807) is 11.8 Å². The van der Waals surface area contributed by atoms with Crippen molar-refractivity contribution in [3.05, 3.63) is 23.0 Å². The lowest BCUT2D eigenvalue weighted by atomic mass is 9.90. The molecule has 1 fully saturated rings. The Morgan fingerprint density at radius 1 is 1.33 bits per heavy atom. The van der Waals surface area contributed by atoms with Crippen LogP contribution in [0.1, 0.15) is 55.0 Å². The van der Waals surface area contributed by atoms with Crippen LogP contribution >= 0.6 is 0 Å². The van der Waals surface area contributed by atoms with Crippen LogP contribution in [0, 0.1) is 19.3 Å². The highest BCUT2D eigenvalue weighted by atomic mass is 16.4. The summed E-state index contributed by atoms with van der Waals surface area (Å²) < 4.78 is 2.14. The average molecular weight is 292 g/mol. The van der Waals surface area contributed by atoms with Crippen molar-refractivity contribution in [1.82, 2.24) is 9.47 Å². The monoisotopic (exact) mass is 292 g/mol. The van der Waals surface area contributed by atoms with Crippen LogP contribution < -0.4 is 0 Å². The summed E-state index contributed by atoms with van der Waals surface area (Å²) in [6, 6.07) is 2.21. The molecule has 1 amide bonds. The van der Waals surface area contributed by atoms with Crippen LogP contribution in [-0.2, 0) is 4.79 Å². The fraction of sp³-hybridized carbons (Fsp3) is 0.625. The molecule has 1 saturated heterocycles. The normalized spacial score (nSPS) is 22.1. The number of carbonyl (C=O) groups is 2. The highest BCUT2D eigenvalue weighted by molar-refractivity contribution is 5.96. The number of aliphatic carboxylic acids is 1. The van der Waals surface area contributed by atoms with E-state index in [0.717, 1.165) is 11.4 Å².